The third-order valence-electron chi connectivity index (χ3n) is 8.58. The number of allylic oxidation sites excluding steroid dienone is 1. The van der Waals surface area contributed by atoms with Gasteiger partial charge in [0.1, 0.15) is 5.92 Å². The zero-order chi connectivity index (χ0) is 33.2. The average Bonchev–Trinajstić information content (AvgIpc) is 3.29. The number of hydrogen-bond acceptors (Lipinski definition) is 9. The van der Waals surface area contributed by atoms with Crippen molar-refractivity contribution >= 4 is 35.2 Å². The van der Waals surface area contributed by atoms with Crippen molar-refractivity contribution in [3.8, 4) is 0 Å². The Bertz CT molecular complexity index is 1510. The molecule has 2 aromatic carbocycles. The van der Waals surface area contributed by atoms with E-state index in [0.29, 0.717) is 41.1 Å². The number of nitro groups is 1. The second-order valence-corrected chi connectivity index (χ2v) is 11.7. The largest absolute Gasteiger partial charge is 0.468 e. The number of benzene rings is 2. The molecule has 2 atom stereocenters. The van der Waals surface area contributed by atoms with E-state index in [0.717, 1.165) is 51.4 Å². The first-order valence-corrected chi connectivity index (χ1v) is 15.9. The number of non-ortho nitro benzene ring substituents is 1. The Labute approximate surface area is 268 Å². The van der Waals surface area contributed by atoms with E-state index in [2.05, 4.69) is 4.99 Å². The summed E-state index contributed by atoms with van der Waals surface area (Å²) in [6.45, 7) is 4.00. The van der Waals surface area contributed by atoms with Gasteiger partial charge in [0, 0.05) is 36.0 Å². The maximum Gasteiger partial charge on any atom is 0.336 e. The van der Waals surface area contributed by atoms with Gasteiger partial charge >= 0.3 is 11.9 Å². The van der Waals surface area contributed by atoms with Crippen LogP contribution >= 0.6 is 0 Å². The molecule has 0 saturated heterocycles. The second kappa shape index (κ2) is 16.1. The number of carbonyl (C=O) groups excluding carboxylic acids is 4. The van der Waals surface area contributed by atoms with Gasteiger partial charge in [0.05, 0.1) is 35.3 Å². The lowest BCUT2D eigenvalue weighted by Gasteiger charge is -2.31. The highest BCUT2D eigenvalue weighted by atomic mass is 16.6. The summed E-state index contributed by atoms with van der Waals surface area (Å²) < 4.78 is 10.6. The molecular weight excluding hydrogens is 590 g/mol. The standard InChI is InChI=1S/C35H41N3O8/c1-23-29(34(41)45-3)31(25-16-15-17-26(22-25)38(43)44)30(24(2)36-23)35(42)46-21-14-10-8-6-4-5-7-9-13-20-37-32(39)27-18-11-12-19-28(27)33(37)40/h11-12,15-19,22,29,31H,4-10,13-14,20-21H2,1-3H3. The van der Waals surface area contributed by atoms with E-state index in [9.17, 15) is 29.3 Å². The van der Waals surface area contributed by atoms with Crippen molar-refractivity contribution in [2.75, 3.05) is 20.3 Å². The first kappa shape index (κ1) is 34.2. The van der Waals surface area contributed by atoms with Crippen LogP contribution in [0.4, 0.5) is 5.69 Å². The van der Waals surface area contributed by atoms with Crippen molar-refractivity contribution in [3.05, 3.63) is 86.6 Å². The average molecular weight is 632 g/mol. The highest BCUT2D eigenvalue weighted by Crippen LogP contribution is 2.41. The molecule has 46 heavy (non-hydrogen) atoms. The zero-order valence-corrected chi connectivity index (χ0v) is 26.7. The molecule has 11 nitrogen and oxygen atoms in total. The molecule has 2 unspecified atom stereocenters. The molecule has 0 saturated carbocycles. The van der Waals surface area contributed by atoms with E-state index in [1.165, 1.54) is 30.2 Å². The van der Waals surface area contributed by atoms with Crippen LogP contribution in [0.2, 0.25) is 0 Å². The van der Waals surface area contributed by atoms with E-state index < -0.39 is 28.7 Å². The number of imide groups is 1. The second-order valence-electron chi connectivity index (χ2n) is 11.7. The van der Waals surface area contributed by atoms with Crippen LogP contribution in [0.15, 0.2) is 64.8 Å². The van der Waals surface area contributed by atoms with Crippen molar-refractivity contribution in [3.63, 3.8) is 0 Å². The number of amides is 2. The van der Waals surface area contributed by atoms with Crippen LogP contribution in [0, 0.1) is 16.0 Å². The molecule has 2 aromatic rings. The molecule has 0 fully saturated rings. The van der Waals surface area contributed by atoms with Crippen LogP contribution in [0.3, 0.4) is 0 Å². The monoisotopic (exact) mass is 631 g/mol. The predicted molar refractivity (Wildman–Crippen MR) is 171 cm³/mol. The Hall–Kier alpha value is -4.67. The number of rotatable bonds is 16. The summed E-state index contributed by atoms with van der Waals surface area (Å²) >= 11 is 0. The molecule has 2 aliphatic rings. The topological polar surface area (TPSA) is 145 Å². The molecule has 0 aliphatic carbocycles. The third-order valence-corrected chi connectivity index (χ3v) is 8.58. The van der Waals surface area contributed by atoms with Crippen molar-refractivity contribution < 1.29 is 33.6 Å². The summed E-state index contributed by atoms with van der Waals surface area (Å²) in [4.78, 5) is 67.7. The molecule has 2 amide bonds. The first-order valence-electron chi connectivity index (χ1n) is 15.9. The van der Waals surface area contributed by atoms with Gasteiger partial charge in [-0.3, -0.25) is 34.4 Å². The number of hydrogen-bond donors (Lipinski definition) is 0. The van der Waals surface area contributed by atoms with Crippen LogP contribution in [0.5, 0.6) is 0 Å². The maximum atomic E-state index is 13.3. The molecule has 2 heterocycles. The quantitative estimate of drug-likeness (QED) is 0.0665. The molecule has 4 rings (SSSR count). The summed E-state index contributed by atoms with van der Waals surface area (Å²) in [5.41, 5.74) is 2.34. The van der Waals surface area contributed by atoms with Gasteiger partial charge in [-0.2, -0.15) is 0 Å². The molecular formula is C35H41N3O8. The fourth-order valence-corrected chi connectivity index (χ4v) is 6.22. The van der Waals surface area contributed by atoms with Crippen LogP contribution < -0.4 is 0 Å². The maximum absolute atomic E-state index is 13.3. The highest BCUT2D eigenvalue weighted by molar-refractivity contribution is 6.21. The number of esters is 2. The minimum absolute atomic E-state index is 0.145. The summed E-state index contributed by atoms with van der Waals surface area (Å²) in [5.74, 6) is -3.33. The number of ether oxygens (including phenoxy) is 2. The molecule has 0 bridgehead atoms. The van der Waals surface area contributed by atoms with Crippen molar-refractivity contribution in [1.29, 1.82) is 0 Å². The highest BCUT2D eigenvalue weighted by Gasteiger charge is 2.42. The number of nitro benzene ring substituents is 1. The Kier molecular flexibility index (Phi) is 11.9. The van der Waals surface area contributed by atoms with Gasteiger partial charge in [0.2, 0.25) is 0 Å². The molecule has 0 spiro atoms. The predicted octanol–water partition coefficient (Wildman–Crippen LogP) is 6.57. The minimum atomic E-state index is -0.916. The van der Waals surface area contributed by atoms with Crippen LogP contribution in [-0.2, 0) is 19.1 Å². The fourth-order valence-electron chi connectivity index (χ4n) is 6.22. The van der Waals surface area contributed by atoms with Gasteiger partial charge in [0.15, 0.2) is 0 Å². The number of carbonyl (C=O) groups is 4. The van der Waals surface area contributed by atoms with Gasteiger partial charge in [-0.25, -0.2) is 4.79 Å². The van der Waals surface area contributed by atoms with Crippen LogP contribution in [0.25, 0.3) is 0 Å². The van der Waals surface area contributed by atoms with Gasteiger partial charge in [0.25, 0.3) is 17.5 Å². The first-order chi connectivity index (χ1) is 22.1. The van der Waals surface area contributed by atoms with E-state index in [-0.39, 0.29) is 29.7 Å². The third kappa shape index (κ3) is 7.94. The number of aliphatic imine (C=N–C) groups is 1. The van der Waals surface area contributed by atoms with Gasteiger partial charge in [-0.05, 0) is 44.4 Å². The normalized spacial score (nSPS) is 17.5. The summed E-state index contributed by atoms with van der Waals surface area (Å²) in [5, 5.41) is 11.4. The summed E-state index contributed by atoms with van der Waals surface area (Å²) in [7, 11) is 1.25. The number of methoxy groups -OCH3 is 1. The van der Waals surface area contributed by atoms with Gasteiger partial charge in [-0.15, -0.1) is 0 Å². The molecule has 0 radical (unpaired) electrons. The van der Waals surface area contributed by atoms with E-state index in [1.54, 1.807) is 44.2 Å². The van der Waals surface area contributed by atoms with Crippen LogP contribution in [0.1, 0.15) is 104 Å². The lowest BCUT2D eigenvalue weighted by Crippen LogP contribution is -2.36. The van der Waals surface area contributed by atoms with Crippen molar-refractivity contribution in [1.82, 2.24) is 4.90 Å². The van der Waals surface area contributed by atoms with Crippen molar-refractivity contribution in [2.45, 2.75) is 77.6 Å². The fraction of sp³-hybridized carbons (Fsp3) is 0.457. The number of fused-ring (bicyclic) bond motifs is 1. The lowest BCUT2D eigenvalue weighted by atomic mass is 9.75. The molecule has 11 heteroatoms. The summed E-state index contributed by atoms with van der Waals surface area (Å²) in [6, 6.07) is 12.9. The Morgan fingerprint density at radius 3 is 2.04 bits per heavy atom. The van der Waals surface area contributed by atoms with E-state index in [1.807, 2.05) is 0 Å². The summed E-state index contributed by atoms with van der Waals surface area (Å²) in [6.07, 6.45) is 8.57. The van der Waals surface area contributed by atoms with Crippen molar-refractivity contribution in [2.24, 2.45) is 10.9 Å². The Morgan fingerprint density at radius 2 is 1.46 bits per heavy atom. The molecule has 0 aromatic heterocycles. The van der Waals surface area contributed by atoms with E-state index in [4.69, 9.17) is 9.47 Å². The number of unbranched alkanes of at least 4 members (excludes halogenated alkanes) is 8. The lowest BCUT2D eigenvalue weighted by molar-refractivity contribution is -0.384. The molecule has 0 N–H and O–H groups in total. The smallest absolute Gasteiger partial charge is 0.336 e. The van der Waals surface area contributed by atoms with E-state index >= 15 is 0 Å². The van der Waals surface area contributed by atoms with Crippen LogP contribution in [-0.4, -0.2) is 59.5 Å². The molecule has 2 aliphatic heterocycles. The zero-order valence-electron chi connectivity index (χ0n) is 26.7. The SMILES string of the molecule is COC(=O)C1C(C)=NC(C)=C(C(=O)OCCCCCCCCCCCN2C(=O)c3ccccc3C2=O)C1c1cccc([N+](=O)[O-])c1. The number of nitrogens with zero attached hydrogens (tertiary/aromatic N) is 3. The Balaban J connectivity index is 1.17. The van der Waals surface area contributed by atoms with Gasteiger partial charge < -0.3 is 9.47 Å². The molecule has 244 valence electrons. The Morgan fingerprint density at radius 1 is 0.870 bits per heavy atom. The van der Waals surface area contributed by atoms with Gasteiger partial charge in [-0.1, -0.05) is 69.2 Å². The minimum Gasteiger partial charge on any atom is -0.468 e.